The molecule has 2 heteroatoms. The number of nitrogens with zero attached hydrogens (tertiary/aromatic N) is 1. The third-order valence-corrected chi connectivity index (χ3v) is 4.19. The van der Waals surface area contributed by atoms with Gasteiger partial charge in [0.15, 0.2) is 0 Å². The summed E-state index contributed by atoms with van der Waals surface area (Å²) in [5.41, 5.74) is 0. The maximum Gasteiger partial charge on any atom is 0.0913 e. The molecule has 0 aromatic heterocycles. The molecule has 0 aliphatic rings. The number of unbranched alkanes of at least 4 members (excludes halogenated alkanes) is 14. The fourth-order valence-corrected chi connectivity index (χ4v) is 2.79. The first kappa shape index (κ1) is 21.7. The van der Waals surface area contributed by atoms with E-state index in [1.165, 1.54) is 89.9 Å². The van der Waals surface area contributed by atoms with Gasteiger partial charge in [-0.25, -0.2) is 0 Å². The van der Waals surface area contributed by atoms with Gasteiger partial charge in [-0.05, 0) is 18.9 Å². The standard InChI is InChI=1S/C20H41NO/c1-4-5-6-7-8-9-10-11-12-13-14-15-16-17-18-19-20-21(2,3)22/h19-20H,4-18H2,1-3H3/b20-19+. The lowest BCUT2D eigenvalue weighted by atomic mass is 10.0. The maximum absolute atomic E-state index is 11.3. The molecule has 22 heavy (non-hydrogen) atoms. The third kappa shape index (κ3) is 19.7. The Morgan fingerprint density at radius 3 is 1.36 bits per heavy atom. The highest BCUT2D eigenvalue weighted by molar-refractivity contribution is 4.73. The van der Waals surface area contributed by atoms with Crippen molar-refractivity contribution in [3.63, 3.8) is 0 Å². The van der Waals surface area contributed by atoms with Crippen LogP contribution in [0.4, 0.5) is 0 Å². The van der Waals surface area contributed by atoms with Gasteiger partial charge in [-0.2, -0.15) is 0 Å². The van der Waals surface area contributed by atoms with Gasteiger partial charge in [-0.3, -0.25) is 0 Å². The average Bonchev–Trinajstić information content (AvgIpc) is 2.45. The first-order valence-corrected chi connectivity index (χ1v) is 9.78. The third-order valence-electron chi connectivity index (χ3n) is 4.19. The normalized spacial score (nSPS) is 12.4. The van der Waals surface area contributed by atoms with Gasteiger partial charge in [0.25, 0.3) is 0 Å². The first-order chi connectivity index (χ1) is 10.6. The van der Waals surface area contributed by atoms with Gasteiger partial charge in [0, 0.05) is 0 Å². The summed E-state index contributed by atoms with van der Waals surface area (Å²) in [7, 11) is 3.31. The minimum absolute atomic E-state index is 0.307. The first-order valence-electron chi connectivity index (χ1n) is 9.78. The Hall–Kier alpha value is -0.340. The highest BCUT2D eigenvalue weighted by Gasteiger charge is 1.95. The number of hydrogen-bond acceptors (Lipinski definition) is 1. The quantitative estimate of drug-likeness (QED) is 0.172. The Labute approximate surface area is 140 Å². The molecule has 0 aliphatic heterocycles. The number of hydrogen-bond donors (Lipinski definition) is 0. The maximum atomic E-state index is 11.3. The van der Waals surface area contributed by atoms with Crippen LogP contribution in [0.15, 0.2) is 12.3 Å². The molecule has 2 nitrogen and oxygen atoms in total. The van der Waals surface area contributed by atoms with Crippen molar-refractivity contribution in [1.82, 2.24) is 0 Å². The van der Waals surface area contributed by atoms with E-state index in [9.17, 15) is 5.21 Å². The molecule has 0 amide bonds. The summed E-state index contributed by atoms with van der Waals surface area (Å²) in [6, 6.07) is 0. The highest BCUT2D eigenvalue weighted by atomic mass is 16.5. The van der Waals surface area contributed by atoms with Crippen LogP contribution in [0.1, 0.15) is 103 Å². The fraction of sp³-hybridized carbons (Fsp3) is 0.900. The lowest BCUT2D eigenvalue weighted by molar-refractivity contribution is -0.785. The van der Waals surface area contributed by atoms with Crippen LogP contribution in [-0.2, 0) is 0 Å². The molecular formula is C20H41NO. The molecule has 0 aliphatic carbocycles. The molecular weight excluding hydrogens is 270 g/mol. The summed E-state index contributed by atoms with van der Waals surface area (Å²) in [6.45, 7) is 2.28. The molecule has 0 radical (unpaired) electrons. The van der Waals surface area contributed by atoms with E-state index in [-0.39, 0.29) is 4.65 Å². The molecule has 0 aromatic carbocycles. The number of hydroxylamine groups is 3. The van der Waals surface area contributed by atoms with Crippen LogP contribution in [0.25, 0.3) is 0 Å². The fourth-order valence-electron chi connectivity index (χ4n) is 2.79. The Morgan fingerprint density at radius 1 is 0.636 bits per heavy atom. The Bertz CT molecular complexity index is 243. The van der Waals surface area contributed by atoms with E-state index in [2.05, 4.69) is 6.92 Å². The Morgan fingerprint density at radius 2 is 1.00 bits per heavy atom. The number of quaternary nitrogens is 1. The minimum Gasteiger partial charge on any atom is -0.628 e. The molecule has 0 heterocycles. The zero-order valence-electron chi connectivity index (χ0n) is 15.6. The second-order valence-corrected chi connectivity index (χ2v) is 7.20. The van der Waals surface area contributed by atoms with Crippen molar-refractivity contribution < 1.29 is 4.65 Å². The predicted octanol–water partition coefficient (Wildman–Crippen LogP) is 6.95. The van der Waals surface area contributed by atoms with Gasteiger partial charge >= 0.3 is 0 Å². The van der Waals surface area contributed by atoms with Crippen molar-refractivity contribution >= 4 is 0 Å². The molecule has 0 spiro atoms. The molecule has 0 rings (SSSR count). The van der Waals surface area contributed by atoms with Crippen molar-refractivity contribution in [2.45, 2.75) is 103 Å². The van der Waals surface area contributed by atoms with Crippen LogP contribution in [-0.4, -0.2) is 18.7 Å². The average molecular weight is 312 g/mol. The van der Waals surface area contributed by atoms with Crippen molar-refractivity contribution in [2.24, 2.45) is 0 Å². The van der Waals surface area contributed by atoms with Gasteiger partial charge < -0.3 is 9.85 Å². The van der Waals surface area contributed by atoms with Crippen molar-refractivity contribution in [1.29, 1.82) is 0 Å². The van der Waals surface area contributed by atoms with Crippen molar-refractivity contribution in [3.05, 3.63) is 17.5 Å². The van der Waals surface area contributed by atoms with Crippen LogP contribution in [0.2, 0.25) is 0 Å². The Balaban J connectivity index is 3.07. The summed E-state index contributed by atoms with van der Waals surface area (Å²) in [6.07, 6.45) is 24.4. The molecule has 0 unspecified atom stereocenters. The predicted molar refractivity (Wildman–Crippen MR) is 99.5 cm³/mol. The molecule has 0 atom stereocenters. The summed E-state index contributed by atoms with van der Waals surface area (Å²) < 4.78 is -0.307. The van der Waals surface area contributed by atoms with Crippen LogP contribution in [0.3, 0.4) is 0 Å². The number of rotatable bonds is 16. The Kier molecular flexibility index (Phi) is 15.3. The van der Waals surface area contributed by atoms with E-state index >= 15 is 0 Å². The second kappa shape index (κ2) is 15.6. The van der Waals surface area contributed by atoms with E-state index < -0.39 is 0 Å². The van der Waals surface area contributed by atoms with Crippen LogP contribution in [0, 0.1) is 5.21 Å². The monoisotopic (exact) mass is 311 g/mol. The van der Waals surface area contributed by atoms with Gasteiger partial charge in [0.05, 0.1) is 20.3 Å². The zero-order valence-corrected chi connectivity index (χ0v) is 15.6. The van der Waals surface area contributed by atoms with E-state index in [0.717, 1.165) is 6.42 Å². The number of allylic oxidation sites excluding steroid dienone is 1. The molecule has 0 aromatic rings. The van der Waals surface area contributed by atoms with Gasteiger partial charge in [-0.15, -0.1) is 0 Å². The SMILES string of the molecule is CCCCCCCCCCCCCCCC/C=C/[N+](C)(C)[O-]. The van der Waals surface area contributed by atoms with Gasteiger partial charge in [0.1, 0.15) is 0 Å². The van der Waals surface area contributed by atoms with Gasteiger partial charge in [-0.1, -0.05) is 90.4 Å². The lowest BCUT2D eigenvalue weighted by Crippen LogP contribution is -2.23. The topological polar surface area (TPSA) is 23.1 Å². The molecule has 0 bridgehead atoms. The smallest absolute Gasteiger partial charge is 0.0913 e. The van der Waals surface area contributed by atoms with E-state index in [1.807, 2.05) is 6.08 Å². The molecule has 0 N–H and O–H groups in total. The molecule has 0 fully saturated rings. The lowest BCUT2D eigenvalue weighted by Gasteiger charge is -2.28. The molecule has 132 valence electrons. The summed E-state index contributed by atoms with van der Waals surface area (Å²) >= 11 is 0. The molecule has 0 saturated heterocycles. The van der Waals surface area contributed by atoms with E-state index in [0.29, 0.717) is 0 Å². The minimum atomic E-state index is -0.307. The van der Waals surface area contributed by atoms with Crippen LogP contribution in [0.5, 0.6) is 0 Å². The van der Waals surface area contributed by atoms with Crippen LogP contribution < -0.4 is 0 Å². The van der Waals surface area contributed by atoms with E-state index in [4.69, 9.17) is 0 Å². The van der Waals surface area contributed by atoms with Crippen molar-refractivity contribution in [2.75, 3.05) is 14.1 Å². The van der Waals surface area contributed by atoms with Crippen molar-refractivity contribution in [3.8, 4) is 0 Å². The molecule has 0 saturated carbocycles. The largest absolute Gasteiger partial charge is 0.628 e. The van der Waals surface area contributed by atoms with Gasteiger partial charge in [0.2, 0.25) is 0 Å². The zero-order chi connectivity index (χ0) is 16.5. The summed E-state index contributed by atoms with van der Waals surface area (Å²) in [5.74, 6) is 0. The van der Waals surface area contributed by atoms with Crippen LogP contribution >= 0.6 is 0 Å². The second-order valence-electron chi connectivity index (χ2n) is 7.20. The highest BCUT2D eigenvalue weighted by Crippen LogP contribution is 2.13. The summed E-state index contributed by atoms with van der Waals surface area (Å²) in [4.78, 5) is 0. The van der Waals surface area contributed by atoms with E-state index in [1.54, 1.807) is 20.3 Å². The summed E-state index contributed by atoms with van der Waals surface area (Å²) in [5, 5.41) is 11.3.